The lowest BCUT2D eigenvalue weighted by Gasteiger charge is -2.08. The van der Waals surface area contributed by atoms with Crippen molar-refractivity contribution >= 4 is 11.6 Å². The van der Waals surface area contributed by atoms with Gasteiger partial charge in [0.1, 0.15) is 0 Å². The molecule has 0 bridgehead atoms. The summed E-state index contributed by atoms with van der Waals surface area (Å²) in [5.41, 5.74) is 8.50. The van der Waals surface area contributed by atoms with Gasteiger partial charge in [0.2, 0.25) is 5.95 Å². The van der Waals surface area contributed by atoms with Crippen molar-refractivity contribution in [1.82, 2.24) is 19.7 Å². The highest BCUT2D eigenvalue weighted by molar-refractivity contribution is 5.64. The van der Waals surface area contributed by atoms with Crippen LogP contribution in [0.5, 0.6) is 0 Å². The van der Waals surface area contributed by atoms with E-state index in [1.807, 2.05) is 29.9 Å². The van der Waals surface area contributed by atoms with Crippen molar-refractivity contribution in [1.29, 1.82) is 0 Å². The Balaban J connectivity index is 1.64. The molecule has 0 radical (unpaired) electrons. The third-order valence-electron chi connectivity index (χ3n) is 4.89. The van der Waals surface area contributed by atoms with Gasteiger partial charge in [0, 0.05) is 23.6 Å². The standard InChI is InChI=1S/C23H23N5/c1-15-5-9-20(10-6-15)28-14-21(18(4)27-28)22-11-12-24-23(26-22)25-19-8-7-16(2)17(3)13-19/h5-14H,1-4H3,(H,24,25,26). The molecule has 2 aromatic carbocycles. The zero-order chi connectivity index (χ0) is 19.7. The number of nitrogens with one attached hydrogen (secondary N) is 1. The largest absolute Gasteiger partial charge is 0.324 e. The van der Waals surface area contributed by atoms with Crippen molar-refractivity contribution in [2.24, 2.45) is 0 Å². The van der Waals surface area contributed by atoms with Crippen LogP contribution in [-0.4, -0.2) is 19.7 Å². The molecule has 0 fully saturated rings. The second-order valence-corrected chi connectivity index (χ2v) is 7.10. The maximum absolute atomic E-state index is 4.70. The number of rotatable bonds is 4. The van der Waals surface area contributed by atoms with Gasteiger partial charge in [-0.3, -0.25) is 0 Å². The van der Waals surface area contributed by atoms with Gasteiger partial charge in [0.15, 0.2) is 0 Å². The molecule has 0 unspecified atom stereocenters. The molecular weight excluding hydrogens is 346 g/mol. The molecule has 0 aliphatic rings. The lowest BCUT2D eigenvalue weighted by molar-refractivity contribution is 0.862. The van der Waals surface area contributed by atoms with Gasteiger partial charge in [-0.05, 0) is 69.2 Å². The fourth-order valence-corrected chi connectivity index (χ4v) is 3.06. The number of nitrogens with zero attached hydrogens (tertiary/aromatic N) is 4. The van der Waals surface area contributed by atoms with Gasteiger partial charge in [-0.2, -0.15) is 5.10 Å². The molecule has 0 amide bonds. The number of anilines is 2. The van der Waals surface area contributed by atoms with E-state index in [4.69, 9.17) is 4.98 Å². The molecule has 0 atom stereocenters. The Morgan fingerprint density at radius 3 is 2.39 bits per heavy atom. The van der Waals surface area contributed by atoms with E-state index in [2.05, 4.69) is 72.6 Å². The Morgan fingerprint density at radius 2 is 1.64 bits per heavy atom. The molecule has 0 aliphatic carbocycles. The van der Waals surface area contributed by atoms with Crippen molar-refractivity contribution in [3.63, 3.8) is 0 Å². The van der Waals surface area contributed by atoms with E-state index in [0.29, 0.717) is 5.95 Å². The van der Waals surface area contributed by atoms with Gasteiger partial charge < -0.3 is 5.32 Å². The first-order chi connectivity index (χ1) is 13.5. The Morgan fingerprint density at radius 1 is 0.857 bits per heavy atom. The topological polar surface area (TPSA) is 55.6 Å². The minimum Gasteiger partial charge on any atom is -0.324 e. The monoisotopic (exact) mass is 369 g/mol. The molecule has 5 nitrogen and oxygen atoms in total. The van der Waals surface area contributed by atoms with Gasteiger partial charge in [-0.15, -0.1) is 0 Å². The first kappa shape index (κ1) is 17.9. The predicted molar refractivity (Wildman–Crippen MR) is 113 cm³/mol. The Labute approximate surface area is 165 Å². The van der Waals surface area contributed by atoms with Gasteiger partial charge in [-0.1, -0.05) is 23.8 Å². The van der Waals surface area contributed by atoms with Crippen molar-refractivity contribution < 1.29 is 0 Å². The summed E-state index contributed by atoms with van der Waals surface area (Å²) >= 11 is 0. The highest BCUT2D eigenvalue weighted by Gasteiger charge is 2.11. The zero-order valence-corrected chi connectivity index (χ0v) is 16.6. The highest BCUT2D eigenvalue weighted by atomic mass is 15.3. The molecule has 4 rings (SSSR count). The van der Waals surface area contributed by atoms with Gasteiger partial charge >= 0.3 is 0 Å². The van der Waals surface area contributed by atoms with Crippen LogP contribution in [0.15, 0.2) is 60.9 Å². The van der Waals surface area contributed by atoms with Crippen LogP contribution < -0.4 is 5.32 Å². The normalized spacial score (nSPS) is 10.9. The molecule has 0 spiro atoms. The third-order valence-corrected chi connectivity index (χ3v) is 4.89. The van der Waals surface area contributed by atoms with Crippen molar-refractivity contribution in [2.75, 3.05) is 5.32 Å². The fourth-order valence-electron chi connectivity index (χ4n) is 3.06. The Kier molecular flexibility index (Phi) is 4.65. The average Bonchev–Trinajstić information content (AvgIpc) is 3.07. The molecule has 2 heterocycles. The fraction of sp³-hybridized carbons (Fsp3) is 0.174. The molecule has 4 aromatic rings. The summed E-state index contributed by atoms with van der Waals surface area (Å²) in [4.78, 5) is 9.06. The molecule has 5 heteroatoms. The second-order valence-electron chi connectivity index (χ2n) is 7.10. The van der Waals surface area contributed by atoms with E-state index in [-0.39, 0.29) is 0 Å². The average molecular weight is 369 g/mol. The van der Waals surface area contributed by atoms with Crippen LogP contribution in [0.1, 0.15) is 22.4 Å². The van der Waals surface area contributed by atoms with Crippen molar-refractivity contribution in [3.05, 3.63) is 83.3 Å². The maximum atomic E-state index is 4.70. The molecule has 2 aromatic heterocycles. The maximum Gasteiger partial charge on any atom is 0.227 e. The van der Waals surface area contributed by atoms with E-state index in [0.717, 1.165) is 28.3 Å². The predicted octanol–water partition coefficient (Wildman–Crippen LogP) is 5.31. The zero-order valence-electron chi connectivity index (χ0n) is 16.6. The van der Waals surface area contributed by atoms with Crippen LogP contribution in [-0.2, 0) is 0 Å². The van der Waals surface area contributed by atoms with Crippen LogP contribution >= 0.6 is 0 Å². The van der Waals surface area contributed by atoms with Crippen LogP contribution in [0.25, 0.3) is 16.9 Å². The minimum atomic E-state index is 0.572. The molecule has 0 saturated heterocycles. The minimum absolute atomic E-state index is 0.572. The molecule has 0 aliphatic heterocycles. The highest BCUT2D eigenvalue weighted by Crippen LogP contribution is 2.24. The van der Waals surface area contributed by atoms with Crippen LogP contribution in [0, 0.1) is 27.7 Å². The number of hydrogen-bond acceptors (Lipinski definition) is 4. The van der Waals surface area contributed by atoms with Gasteiger partial charge in [0.25, 0.3) is 0 Å². The Bertz CT molecular complexity index is 1130. The summed E-state index contributed by atoms with van der Waals surface area (Å²) in [7, 11) is 0. The summed E-state index contributed by atoms with van der Waals surface area (Å²) in [6.07, 6.45) is 3.79. The lowest BCUT2D eigenvalue weighted by atomic mass is 10.1. The quantitative estimate of drug-likeness (QED) is 0.530. The number of aromatic nitrogens is 4. The molecular formula is C23H23N5. The first-order valence-electron chi connectivity index (χ1n) is 9.30. The SMILES string of the molecule is Cc1ccc(-n2cc(-c3ccnc(Nc4ccc(C)c(C)c4)n3)c(C)n2)cc1. The van der Waals surface area contributed by atoms with Crippen LogP contribution in [0.4, 0.5) is 11.6 Å². The van der Waals surface area contributed by atoms with Crippen molar-refractivity contribution in [3.8, 4) is 16.9 Å². The van der Waals surface area contributed by atoms with Crippen molar-refractivity contribution in [2.45, 2.75) is 27.7 Å². The summed E-state index contributed by atoms with van der Waals surface area (Å²) in [5, 5.41) is 7.95. The number of aryl methyl sites for hydroxylation is 4. The van der Waals surface area contributed by atoms with E-state index in [1.165, 1.54) is 16.7 Å². The van der Waals surface area contributed by atoms with Crippen LogP contribution in [0.3, 0.4) is 0 Å². The van der Waals surface area contributed by atoms with Crippen LogP contribution in [0.2, 0.25) is 0 Å². The molecule has 140 valence electrons. The number of benzene rings is 2. The third kappa shape index (κ3) is 3.64. The van der Waals surface area contributed by atoms with E-state index < -0.39 is 0 Å². The van der Waals surface area contributed by atoms with E-state index in [9.17, 15) is 0 Å². The summed E-state index contributed by atoms with van der Waals surface area (Å²) < 4.78 is 1.89. The molecule has 28 heavy (non-hydrogen) atoms. The van der Waals surface area contributed by atoms with E-state index >= 15 is 0 Å². The molecule has 1 N–H and O–H groups in total. The van der Waals surface area contributed by atoms with Gasteiger partial charge in [-0.25, -0.2) is 14.6 Å². The number of hydrogen-bond donors (Lipinski definition) is 1. The second kappa shape index (κ2) is 7.27. The molecule has 0 saturated carbocycles. The summed E-state index contributed by atoms with van der Waals surface area (Å²) in [5.74, 6) is 0.572. The smallest absolute Gasteiger partial charge is 0.227 e. The summed E-state index contributed by atoms with van der Waals surface area (Å²) in [6.45, 7) is 8.28. The van der Waals surface area contributed by atoms with Gasteiger partial charge in [0.05, 0.1) is 17.1 Å². The lowest BCUT2D eigenvalue weighted by Crippen LogP contribution is -1.98. The van der Waals surface area contributed by atoms with E-state index in [1.54, 1.807) is 6.20 Å². The Hall–Kier alpha value is -3.47. The first-order valence-corrected chi connectivity index (χ1v) is 9.30. The summed E-state index contributed by atoms with van der Waals surface area (Å²) in [6, 6.07) is 16.5.